The van der Waals surface area contributed by atoms with E-state index in [2.05, 4.69) is 5.32 Å². The second-order valence-corrected chi connectivity index (χ2v) is 9.27. The van der Waals surface area contributed by atoms with Crippen LogP contribution in [0.15, 0.2) is 78.9 Å². The molecule has 2 atom stereocenters. The highest BCUT2D eigenvalue weighted by atomic mass is 35.5. The zero-order valence-electron chi connectivity index (χ0n) is 20.1. The standard InChI is InChI=1S/C29H33ClN2O2/c1-4-22(3)31-29(34)27(18-23-10-6-5-7-11-23)32(20-24-13-15-26(30)16-14-24)28(33)19-25-12-8-9-21(2)17-25/h5-17,22,27H,4,18-20H2,1-3H3,(H,31,34). The highest BCUT2D eigenvalue weighted by molar-refractivity contribution is 6.30. The molecule has 0 radical (unpaired) electrons. The number of halogens is 1. The fourth-order valence-corrected chi connectivity index (χ4v) is 4.01. The lowest BCUT2D eigenvalue weighted by molar-refractivity contribution is -0.141. The summed E-state index contributed by atoms with van der Waals surface area (Å²) in [5.74, 6) is -0.217. The Hall–Kier alpha value is -3.11. The van der Waals surface area contributed by atoms with Gasteiger partial charge in [0.15, 0.2) is 0 Å². The van der Waals surface area contributed by atoms with Crippen molar-refractivity contribution in [1.29, 1.82) is 0 Å². The van der Waals surface area contributed by atoms with Crippen LogP contribution in [-0.2, 0) is 29.0 Å². The van der Waals surface area contributed by atoms with Crippen LogP contribution in [0.25, 0.3) is 0 Å². The molecule has 0 aliphatic rings. The van der Waals surface area contributed by atoms with Gasteiger partial charge in [-0.1, -0.05) is 90.8 Å². The average Bonchev–Trinajstić information content (AvgIpc) is 2.83. The molecule has 0 saturated heterocycles. The molecule has 0 spiro atoms. The van der Waals surface area contributed by atoms with Crippen LogP contribution in [0.1, 0.15) is 42.5 Å². The molecule has 0 aromatic heterocycles. The number of hydrogen-bond acceptors (Lipinski definition) is 2. The normalized spacial score (nSPS) is 12.6. The first kappa shape index (κ1) is 25.5. The lowest BCUT2D eigenvalue weighted by atomic mass is 10.0. The summed E-state index contributed by atoms with van der Waals surface area (Å²) >= 11 is 6.08. The Morgan fingerprint density at radius 3 is 2.24 bits per heavy atom. The fourth-order valence-electron chi connectivity index (χ4n) is 3.88. The Morgan fingerprint density at radius 1 is 0.912 bits per heavy atom. The number of aryl methyl sites for hydroxylation is 1. The Labute approximate surface area is 207 Å². The molecule has 4 nitrogen and oxygen atoms in total. The van der Waals surface area contributed by atoms with Gasteiger partial charge in [-0.05, 0) is 49.1 Å². The molecule has 0 heterocycles. The number of amides is 2. The van der Waals surface area contributed by atoms with Crippen LogP contribution in [0.4, 0.5) is 0 Å². The Balaban J connectivity index is 1.96. The van der Waals surface area contributed by atoms with Gasteiger partial charge >= 0.3 is 0 Å². The molecular weight excluding hydrogens is 444 g/mol. The van der Waals surface area contributed by atoms with E-state index in [1.54, 1.807) is 4.90 Å². The van der Waals surface area contributed by atoms with Gasteiger partial charge in [0.25, 0.3) is 0 Å². The minimum Gasteiger partial charge on any atom is -0.352 e. The SMILES string of the molecule is CCC(C)NC(=O)C(Cc1ccccc1)N(Cc1ccc(Cl)cc1)C(=O)Cc1cccc(C)c1. The second kappa shape index (κ2) is 12.4. The summed E-state index contributed by atoms with van der Waals surface area (Å²) in [4.78, 5) is 28.9. The summed E-state index contributed by atoms with van der Waals surface area (Å²) in [6.07, 6.45) is 1.49. The van der Waals surface area contributed by atoms with Gasteiger partial charge < -0.3 is 10.2 Å². The topological polar surface area (TPSA) is 49.4 Å². The van der Waals surface area contributed by atoms with Gasteiger partial charge in [-0.15, -0.1) is 0 Å². The Bertz CT molecular complexity index is 1080. The summed E-state index contributed by atoms with van der Waals surface area (Å²) in [5.41, 5.74) is 3.98. The van der Waals surface area contributed by atoms with Gasteiger partial charge in [-0.2, -0.15) is 0 Å². The highest BCUT2D eigenvalue weighted by Gasteiger charge is 2.31. The van der Waals surface area contributed by atoms with Crippen LogP contribution in [-0.4, -0.2) is 28.8 Å². The van der Waals surface area contributed by atoms with Crippen LogP contribution in [0, 0.1) is 6.92 Å². The lowest BCUT2D eigenvalue weighted by Crippen LogP contribution is -2.52. The predicted octanol–water partition coefficient (Wildman–Crippen LogP) is 5.75. The third-order valence-electron chi connectivity index (χ3n) is 5.98. The second-order valence-electron chi connectivity index (χ2n) is 8.84. The maximum Gasteiger partial charge on any atom is 0.243 e. The van der Waals surface area contributed by atoms with Gasteiger partial charge in [0.1, 0.15) is 6.04 Å². The van der Waals surface area contributed by atoms with Gasteiger partial charge in [0, 0.05) is 24.0 Å². The summed E-state index contributed by atoms with van der Waals surface area (Å²) in [5, 5.41) is 3.74. The van der Waals surface area contributed by atoms with E-state index >= 15 is 0 Å². The van der Waals surface area contributed by atoms with Crippen molar-refractivity contribution in [2.75, 3.05) is 0 Å². The predicted molar refractivity (Wildman–Crippen MR) is 139 cm³/mol. The molecule has 2 unspecified atom stereocenters. The fraction of sp³-hybridized carbons (Fsp3) is 0.310. The summed E-state index contributed by atoms with van der Waals surface area (Å²) in [6, 6.07) is 24.6. The maximum absolute atomic E-state index is 13.7. The van der Waals surface area contributed by atoms with Gasteiger partial charge in [0.2, 0.25) is 11.8 Å². The van der Waals surface area contributed by atoms with E-state index in [9.17, 15) is 9.59 Å². The Morgan fingerprint density at radius 2 is 1.59 bits per heavy atom. The summed E-state index contributed by atoms with van der Waals surface area (Å²) < 4.78 is 0. The van der Waals surface area contributed by atoms with Crippen molar-refractivity contribution in [2.45, 2.75) is 58.7 Å². The third kappa shape index (κ3) is 7.46. The third-order valence-corrected chi connectivity index (χ3v) is 6.23. The molecule has 5 heteroatoms. The van der Waals surface area contributed by atoms with Crippen LogP contribution >= 0.6 is 11.6 Å². The first-order valence-electron chi connectivity index (χ1n) is 11.8. The van der Waals surface area contributed by atoms with E-state index in [1.165, 1.54) is 0 Å². The molecule has 3 aromatic carbocycles. The number of carbonyl (C=O) groups is 2. The van der Waals surface area contributed by atoms with Crippen molar-refractivity contribution < 1.29 is 9.59 Å². The first-order valence-corrected chi connectivity index (χ1v) is 12.2. The van der Waals surface area contributed by atoms with Crippen LogP contribution in [0.2, 0.25) is 5.02 Å². The highest BCUT2D eigenvalue weighted by Crippen LogP contribution is 2.18. The van der Waals surface area contributed by atoms with E-state index in [0.29, 0.717) is 18.0 Å². The first-order chi connectivity index (χ1) is 16.4. The minimum atomic E-state index is -0.635. The van der Waals surface area contributed by atoms with E-state index in [1.807, 2.05) is 99.6 Å². The molecular formula is C29H33ClN2O2. The smallest absolute Gasteiger partial charge is 0.243 e. The zero-order chi connectivity index (χ0) is 24.5. The monoisotopic (exact) mass is 476 g/mol. The lowest BCUT2D eigenvalue weighted by Gasteiger charge is -2.32. The molecule has 0 saturated carbocycles. The number of carbonyl (C=O) groups excluding carboxylic acids is 2. The van der Waals surface area contributed by atoms with Crippen molar-refractivity contribution in [3.63, 3.8) is 0 Å². The van der Waals surface area contributed by atoms with Crippen molar-refractivity contribution >= 4 is 23.4 Å². The molecule has 0 aliphatic heterocycles. The summed E-state index contributed by atoms with van der Waals surface area (Å²) in [6.45, 7) is 6.35. The van der Waals surface area contributed by atoms with Gasteiger partial charge in [-0.25, -0.2) is 0 Å². The van der Waals surface area contributed by atoms with Crippen molar-refractivity contribution in [2.24, 2.45) is 0 Å². The van der Waals surface area contributed by atoms with E-state index < -0.39 is 6.04 Å². The number of hydrogen-bond donors (Lipinski definition) is 1. The maximum atomic E-state index is 13.7. The van der Waals surface area contributed by atoms with Crippen LogP contribution in [0.5, 0.6) is 0 Å². The van der Waals surface area contributed by atoms with E-state index in [-0.39, 0.29) is 24.3 Å². The largest absolute Gasteiger partial charge is 0.352 e. The number of nitrogens with one attached hydrogen (secondary N) is 1. The molecule has 3 aromatic rings. The number of rotatable bonds is 10. The number of benzene rings is 3. The molecule has 1 N–H and O–H groups in total. The minimum absolute atomic E-state index is 0.0232. The zero-order valence-corrected chi connectivity index (χ0v) is 20.9. The van der Waals surface area contributed by atoms with Crippen molar-refractivity contribution in [1.82, 2.24) is 10.2 Å². The average molecular weight is 477 g/mol. The van der Waals surface area contributed by atoms with Crippen molar-refractivity contribution in [3.05, 3.63) is 106 Å². The van der Waals surface area contributed by atoms with Crippen LogP contribution in [0.3, 0.4) is 0 Å². The number of nitrogens with zero attached hydrogens (tertiary/aromatic N) is 1. The van der Waals surface area contributed by atoms with Gasteiger partial charge in [-0.3, -0.25) is 9.59 Å². The van der Waals surface area contributed by atoms with E-state index in [4.69, 9.17) is 11.6 Å². The van der Waals surface area contributed by atoms with Crippen LogP contribution < -0.4 is 5.32 Å². The van der Waals surface area contributed by atoms with E-state index in [0.717, 1.165) is 28.7 Å². The molecule has 0 fully saturated rings. The molecule has 0 aliphatic carbocycles. The molecule has 3 rings (SSSR count). The Kier molecular flexibility index (Phi) is 9.29. The molecule has 178 valence electrons. The molecule has 34 heavy (non-hydrogen) atoms. The van der Waals surface area contributed by atoms with Crippen molar-refractivity contribution in [3.8, 4) is 0 Å². The molecule has 2 amide bonds. The summed E-state index contributed by atoms with van der Waals surface area (Å²) in [7, 11) is 0. The van der Waals surface area contributed by atoms with Gasteiger partial charge in [0.05, 0.1) is 6.42 Å². The quantitative estimate of drug-likeness (QED) is 0.405. The molecule has 0 bridgehead atoms.